The summed E-state index contributed by atoms with van der Waals surface area (Å²) in [6.07, 6.45) is 0.324. The van der Waals surface area contributed by atoms with Crippen molar-refractivity contribution in [1.82, 2.24) is 0 Å². The van der Waals surface area contributed by atoms with E-state index in [9.17, 15) is 4.79 Å². The third kappa shape index (κ3) is 3.74. The van der Waals surface area contributed by atoms with E-state index < -0.39 is 0 Å². The fourth-order valence-corrected chi connectivity index (χ4v) is 1.43. The van der Waals surface area contributed by atoms with E-state index in [1.807, 2.05) is 36.4 Å². The monoisotopic (exact) mass is 254 g/mol. The lowest BCUT2D eigenvalue weighted by atomic mass is 10.3. The van der Waals surface area contributed by atoms with Gasteiger partial charge in [0.2, 0.25) is 0 Å². The van der Waals surface area contributed by atoms with Crippen molar-refractivity contribution in [3.63, 3.8) is 0 Å². The van der Waals surface area contributed by atoms with Gasteiger partial charge in [-0.2, -0.15) is 5.11 Å². The Kier molecular flexibility index (Phi) is 4.39. The van der Waals surface area contributed by atoms with E-state index in [2.05, 4.69) is 10.2 Å². The summed E-state index contributed by atoms with van der Waals surface area (Å²) in [6.45, 7) is 1.75. The molecule has 2 aromatic carbocycles. The molecule has 2 aromatic rings. The van der Waals surface area contributed by atoms with Crippen LogP contribution in [0.2, 0.25) is 0 Å². The van der Waals surface area contributed by atoms with Gasteiger partial charge in [-0.05, 0) is 24.3 Å². The minimum Gasteiger partial charge on any atom is -0.424 e. The fourth-order valence-electron chi connectivity index (χ4n) is 1.43. The molecule has 0 bridgehead atoms. The quantitative estimate of drug-likeness (QED) is 0.460. The Morgan fingerprint density at radius 2 is 1.68 bits per heavy atom. The molecule has 0 amide bonds. The SMILES string of the molecule is CCC(=O)Oc1ccccc1N=Nc1ccccc1. The van der Waals surface area contributed by atoms with Crippen LogP contribution in [-0.4, -0.2) is 5.97 Å². The largest absolute Gasteiger partial charge is 0.424 e. The highest BCUT2D eigenvalue weighted by Gasteiger charge is 2.06. The van der Waals surface area contributed by atoms with Gasteiger partial charge >= 0.3 is 5.97 Å². The molecule has 96 valence electrons. The van der Waals surface area contributed by atoms with Crippen LogP contribution >= 0.6 is 0 Å². The molecule has 2 rings (SSSR count). The number of rotatable bonds is 4. The fraction of sp³-hybridized carbons (Fsp3) is 0.133. The van der Waals surface area contributed by atoms with Crippen LogP contribution in [0, 0.1) is 0 Å². The number of carbonyl (C=O) groups is 1. The van der Waals surface area contributed by atoms with E-state index in [1.54, 1.807) is 25.1 Å². The van der Waals surface area contributed by atoms with Crippen LogP contribution < -0.4 is 4.74 Å². The molecule has 0 aromatic heterocycles. The standard InChI is InChI=1S/C15H14N2O2/c1-2-15(18)19-14-11-7-6-10-13(14)17-16-12-8-4-3-5-9-12/h3-11H,2H2,1H3. The molecule has 0 unspecified atom stereocenters. The molecule has 0 saturated carbocycles. The van der Waals surface area contributed by atoms with Crippen LogP contribution in [0.1, 0.15) is 13.3 Å². The van der Waals surface area contributed by atoms with Crippen LogP contribution in [0.3, 0.4) is 0 Å². The predicted molar refractivity (Wildman–Crippen MR) is 73.0 cm³/mol. The molecule has 0 heterocycles. The first-order chi connectivity index (χ1) is 9.29. The number of azo groups is 1. The van der Waals surface area contributed by atoms with E-state index in [1.165, 1.54) is 0 Å². The average molecular weight is 254 g/mol. The Morgan fingerprint density at radius 3 is 2.42 bits per heavy atom. The normalized spacial score (nSPS) is 10.6. The zero-order valence-electron chi connectivity index (χ0n) is 10.6. The van der Waals surface area contributed by atoms with Gasteiger partial charge in [0.1, 0.15) is 5.69 Å². The van der Waals surface area contributed by atoms with Crippen molar-refractivity contribution in [2.75, 3.05) is 0 Å². The molecular formula is C15H14N2O2. The number of nitrogens with zero attached hydrogens (tertiary/aromatic N) is 2. The Morgan fingerprint density at radius 1 is 1.00 bits per heavy atom. The molecular weight excluding hydrogens is 240 g/mol. The van der Waals surface area contributed by atoms with Gasteiger partial charge in [-0.25, -0.2) is 0 Å². The molecule has 0 saturated heterocycles. The van der Waals surface area contributed by atoms with Crippen molar-refractivity contribution in [1.29, 1.82) is 0 Å². The van der Waals surface area contributed by atoms with Gasteiger partial charge in [0, 0.05) is 6.42 Å². The molecule has 0 aliphatic rings. The lowest BCUT2D eigenvalue weighted by Gasteiger charge is -2.04. The molecule has 0 spiro atoms. The van der Waals surface area contributed by atoms with E-state index in [4.69, 9.17) is 4.74 Å². The maximum absolute atomic E-state index is 11.3. The summed E-state index contributed by atoms with van der Waals surface area (Å²) in [5.41, 5.74) is 1.28. The Balaban J connectivity index is 2.20. The summed E-state index contributed by atoms with van der Waals surface area (Å²) in [6, 6.07) is 16.5. The Hall–Kier alpha value is -2.49. The molecule has 19 heavy (non-hydrogen) atoms. The Bertz CT molecular complexity index is 580. The van der Waals surface area contributed by atoms with Gasteiger partial charge in [-0.1, -0.05) is 37.3 Å². The number of hydrogen-bond acceptors (Lipinski definition) is 4. The van der Waals surface area contributed by atoms with Crippen molar-refractivity contribution in [2.45, 2.75) is 13.3 Å². The number of carbonyl (C=O) groups excluding carboxylic acids is 1. The van der Waals surface area contributed by atoms with Crippen molar-refractivity contribution in [3.05, 3.63) is 54.6 Å². The van der Waals surface area contributed by atoms with Crippen molar-refractivity contribution >= 4 is 17.3 Å². The van der Waals surface area contributed by atoms with E-state index in [0.717, 1.165) is 5.69 Å². The van der Waals surface area contributed by atoms with Crippen molar-refractivity contribution in [2.24, 2.45) is 10.2 Å². The second-order valence-electron chi connectivity index (χ2n) is 3.83. The van der Waals surface area contributed by atoms with E-state index in [-0.39, 0.29) is 5.97 Å². The average Bonchev–Trinajstić information content (AvgIpc) is 2.47. The molecule has 0 aliphatic carbocycles. The molecule has 0 atom stereocenters. The summed E-state index contributed by atoms with van der Waals surface area (Å²) >= 11 is 0. The first-order valence-electron chi connectivity index (χ1n) is 6.06. The number of benzene rings is 2. The number of ether oxygens (including phenoxy) is 1. The van der Waals surface area contributed by atoms with Crippen LogP contribution in [0.4, 0.5) is 11.4 Å². The van der Waals surface area contributed by atoms with Gasteiger partial charge in [0.15, 0.2) is 5.75 Å². The lowest BCUT2D eigenvalue weighted by Crippen LogP contribution is -2.05. The smallest absolute Gasteiger partial charge is 0.310 e. The molecule has 0 aliphatic heterocycles. The van der Waals surface area contributed by atoms with E-state index >= 15 is 0 Å². The number of para-hydroxylation sites is 1. The number of esters is 1. The van der Waals surface area contributed by atoms with Gasteiger partial charge in [0.05, 0.1) is 5.69 Å². The van der Waals surface area contributed by atoms with Crippen LogP contribution in [0.25, 0.3) is 0 Å². The van der Waals surface area contributed by atoms with Gasteiger partial charge in [0.25, 0.3) is 0 Å². The van der Waals surface area contributed by atoms with Crippen LogP contribution in [-0.2, 0) is 4.79 Å². The molecule has 0 N–H and O–H groups in total. The summed E-state index contributed by atoms with van der Waals surface area (Å²) in [5.74, 6) is 0.136. The zero-order chi connectivity index (χ0) is 13.5. The predicted octanol–water partition coefficient (Wildman–Crippen LogP) is 4.42. The highest BCUT2D eigenvalue weighted by Crippen LogP contribution is 2.28. The maximum Gasteiger partial charge on any atom is 0.310 e. The third-order valence-corrected chi connectivity index (χ3v) is 2.41. The minimum absolute atomic E-state index is 0.289. The molecule has 4 nitrogen and oxygen atoms in total. The van der Waals surface area contributed by atoms with Gasteiger partial charge in [-0.3, -0.25) is 4.79 Å². The van der Waals surface area contributed by atoms with Gasteiger partial charge in [-0.15, -0.1) is 5.11 Å². The third-order valence-electron chi connectivity index (χ3n) is 2.41. The lowest BCUT2D eigenvalue weighted by molar-refractivity contribution is -0.133. The summed E-state index contributed by atoms with van der Waals surface area (Å²) in [5, 5.41) is 8.22. The summed E-state index contributed by atoms with van der Waals surface area (Å²) in [7, 11) is 0. The topological polar surface area (TPSA) is 51.0 Å². The van der Waals surface area contributed by atoms with Gasteiger partial charge < -0.3 is 4.74 Å². The first-order valence-corrected chi connectivity index (χ1v) is 6.06. The zero-order valence-corrected chi connectivity index (χ0v) is 10.6. The second-order valence-corrected chi connectivity index (χ2v) is 3.83. The van der Waals surface area contributed by atoms with E-state index in [0.29, 0.717) is 17.9 Å². The highest BCUT2D eigenvalue weighted by atomic mass is 16.5. The van der Waals surface area contributed by atoms with Crippen molar-refractivity contribution < 1.29 is 9.53 Å². The Labute approximate surface area is 111 Å². The minimum atomic E-state index is -0.289. The summed E-state index contributed by atoms with van der Waals surface area (Å²) in [4.78, 5) is 11.3. The van der Waals surface area contributed by atoms with Crippen LogP contribution in [0.15, 0.2) is 64.8 Å². The molecule has 4 heteroatoms. The summed E-state index contributed by atoms with van der Waals surface area (Å²) < 4.78 is 5.19. The second kappa shape index (κ2) is 6.44. The van der Waals surface area contributed by atoms with Crippen molar-refractivity contribution in [3.8, 4) is 5.75 Å². The maximum atomic E-state index is 11.3. The highest BCUT2D eigenvalue weighted by molar-refractivity contribution is 5.74. The molecule has 0 radical (unpaired) electrons. The van der Waals surface area contributed by atoms with Crippen LogP contribution in [0.5, 0.6) is 5.75 Å². The first kappa shape index (κ1) is 13.0. The molecule has 0 fully saturated rings. The number of hydrogen-bond donors (Lipinski definition) is 0.